The number of benzene rings is 1. The van der Waals surface area contributed by atoms with E-state index in [2.05, 4.69) is 46.3 Å². The number of carbonyl (C=O) groups excluding carboxylic acids is 2. The van der Waals surface area contributed by atoms with Gasteiger partial charge in [-0.25, -0.2) is 4.79 Å². The zero-order valence-electron chi connectivity index (χ0n) is 18.0. The number of nitrogens with one attached hydrogen (secondary N) is 1. The summed E-state index contributed by atoms with van der Waals surface area (Å²) in [5.41, 5.74) is 0.622. The van der Waals surface area contributed by atoms with Crippen molar-refractivity contribution in [2.24, 2.45) is 0 Å². The van der Waals surface area contributed by atoms with E-state index in [0.717, 1.165) is 65.1 Å². The van der Waals surface area contributed by atoms with E-state index in [9.17, 15) is 9.59 Å². The summed E-state index contributed by atoms with van der Waals surface area (Å²) in [5, 5.41) is 2.99. The maximum atomic E-state index is 13.0. The molecule has 0 aromatic heterocycles. The minimum atomic E-state index is -0.624. The Balaban J connectivity index is 1.41. The van der Waals surface area contributed by atoms with E-state index in [1.807, 2.05) is 6.07 Å². The van der Waals surface area contributed by atoms with Crippen molar-refractivity contribution in [3.8, 4) is 0 Å². The smallest absolute Gasteiger partial charge is 0.325 e. The number of amides is 3. The highest BCUT2D eigenvalue weighted by molar-refractivity contribution is 6.07. The first-order valence-corrected chi connectivity index (χ1v) is 11.3. The molecule has 2 saturated heterocycles. The maximum Gasteiger partial charge on any atom is 0.325 e. The van der Waals surface area contributed by atoms with Gasteiger partial charge in [-0.15, -0.1) is 0 Å². The van der Waals surface area contributed by atoms with Crippen LogP contribution in [-0.2, 0) is 16.1 Å². The summed E-state index contributed by atoms with van der Waals surface area (Å²) >= 11 is 0. The van der Waals surface area contributed by atoms with Crippen LogP contribution in [0, 0.1) is 0 Å². The number of nitrogens with zero attached hydrogens (tertiary/aromatic N) is 3. The second-order valence-electron chi connectivity index (χ2n) is 8.89. The van der Waals surface area contributed by atoms with E-state index in [0.29, 0.717) is 19.1 Å². The monoisotopic (exact) mass is 414 g/mol. The molecule has 1 N–H and O–H groups in total. The van der Waals surface area contributed by atoms with Gasteiger partial charge in [0.05, 0.1) is 13.2 Å². The molecular weight excluding hydrogens is 380 g/mol. The van der Waals surface area contributed by atoms with Gasteiger partial charge < -0.3 is 10.1 Å². The number of morpholine rings is 1. The minimum Gasteiger partial charge on any atom is -0.379 e. The van der Waals surface area contributed by atoms with Crippen LogP contribution < -0.4 is 5.32 Å². The van der Waals surface area contributed by atoms with E-state index in [4.69, 9.17) is 4.74 Å². The van der Waals surface area contributed by atoms with Crippen LogP contribution in [0.5, 0.6) is 0 Å². The van der Waals surface area contributed by atoms with Gasteiger partial charge in [0.15, 0.2) is 0 Å². The number of imide groups is 1. The molecule has 1 saturated carbocycles. The predicted molar refractivity (Wildman–Crippen MR) is 115 cm³/mol. The maximum absolute atomic E-state index is 13.0. The second kappa shape index (κ2) is 9.45. The highest BCUT2D eigenvalue weighted by atomic mass is 16.5. The number of urea groups is 1. The Morgan fingerprint density at radius 1 is 1.13 bits per heavy atom. The highest BCUT2D eigenvalue weighted by Crippen LogP contribution is 2.35. The fourth-order valence-electron chi connectivity index (χ4n) is 4.97. The number of rotatable bonds is 8. The lowest BCUT2D eigenvalue weighted by Crippen LogP contribution is -2.48. The third kappa shape index (κ3) is 4.68. The van der Waals surface area contributed by atoms with Crippen LogP contribution in [0.15, 0.2) is 30.3 Å². The molecule has 1 spiro atoms. The molecule has 1 unspecified atom stereocenters. The lowest BCUT2D eigenvalue weighted by atomic mass is 9.98. The average molecular weight is 415 g/mol. The Morgan fingerprint density at radius 2 is 1.83 bits per heavy atom. The molecule has 1 atom stereocenters. The molecule has 7 heteroatoms. The molecule has 3 fully saturated rings. The average Bonchev–Trinajstić information content (AvgIpc) is 3.32. The van der Waals surface area contributed by atoms with Gasteiger partial charge >= 0.3 is 6.03 Å². The SMILES string of the molecule is CC(CN1CCOCC1)N(CCN1C(=O)NC2(CCCC2)C1=O)Cc1ccccc1. The zero-order chi connectivity index (χ0) is 21.0. The van der Waals surface area contributed by atoms with E-state index in [1.54, 1.807) is 0 Å². The van der Waals surface area contributed by atoms with Gasteiger partial charge in [0.1, 0.15) is 5.54 Å². The molecule has 1 aliphatic carbocycles. The first-order valence-electron chi connectivity index (χ1n) is 11.3. The Bertz CT molecular complexity index is 729. The van der Waals surface area contributed by atoms with Crippen molar-refractivity contribution < 1.29 is 14.3 Å². The van der Waals surface area contributed by atoms with Crippen molar-refractivity contribution in [1.82, 2.24) is 20.0 Å². The fraction of sp³-hybridized carbons (Fsp3) is 0.652. The summed E-state index contributed by atoms with van der Waals surface area (Å²) in [5.74, 6) is -0.0227. The van der Waals surface area contributed by atoms with Crippen LogP contribution in [-0.4, -0.2) is 84.2 Å². The van der Waals surface area contributed by atoms with Gasteiger partial charge in [0, 0.05) is 45.3 Å². The zero-order valence-corrected chi connectivity index (χ0v) is 18.0. The van der Waals surface area contributed by atoms with Crippen molar-refractivity contribution in [2.75, 3.05) is 45.9 Å². The molecule has 30 heavy (non-hydrogen) atoms. The largest absolute Gasteiger partial charge is 0.379 e. The van der Waals surface area contributed by atoms with Crippen molar-refractivity contribution in [3.63, 3.8) is 0 Å². The van der Waals surface area contributed by atoms with Gasteiger partial charge in [0.25, 0.3) is 5.91 Å². The molecule has 3 amide bonds. The van der Waals surface area contributed by atoms with Crippen LogP contribution in [0.1, 0.15) is 38.2 Å². The summed E-state index contributed by atoms with van der Waals surface area (Å²) in [7, 11) is 0. The molecular formula is C23H34N4O3. The summed E-state index contributed by atoms with van der Waals surface area (Å²) in [6.07, 6.45) is 3.57. The van der Waals surface area contributed by atoms with Gasteiger partial charge in [-0.2, -0.15) is 0 Å². The Labute approximate surface area is 179 Å². The van der Waals surface area contributed by atoms with E-state index in [1.165, 1.54) is 10.5 Å². The Morgan fingerprint density at radius 3 is 2.53 bits per heavy atom. The first-order chi connectivity index (χ1) is 14.6. The number of hydrogen-bond donors (Lipinski definition) is 1. The van der Waals surface area contributed by atoms with Crippen LogP contribution in [0.2, 0.25) is 0 Å². The third-order valence-corrected chi connectivity index (χ3v) is 6.79. The van der Waals surface area contributed by atoms with Crippen molar-refractivity contribution in [3.05, 3.63) is 35.9 Å². The number of hydrogen-bond acceptors (Lipinski definition) is 5. The molecule has 1 aromatic carbocycles. The number of carbonyl (C=O) groups is 2. The van der Waals surface area contributed by atoms with Gasteiger partial charge in [0.2, 0.25) is 0 Å². The summed E-state index contributed by atoms with van der Waals surface area (Å²) in [6, 6.07) is 10.5. The van der Waals surface area contributed by atoms with E-state index in [-0.39, 0.29) is 11.9 Å². The summed E-state index contributed by atoms with van der Waals surface area (Å²) < 4.78 is 5.48. The molecule has 2 heterocycles. The van der Waals surface area contributed by atoms with Crippen LogP contribution >= 0.6 is 0 Å². The lowest BCUT2D eigenvalue weighted by molar-refractivity contribution is -0.131. The first kappa shape index (κ1) is 21.3. The quantitative estimate of drug-likeness (QED) is 0.660. The third-order valence-electron chi connectivity index (χ3n) is 6.79. The van der Waals surface area contributed by atoms with Crippen molar-refractivity contribution in [1.29, 1.82) is 0 Å². The van der Waals surface area contributed by atoms with Crippen LogP contribution in [0.25, 0.3) is 0 Å². The Kier molecular flexibility index (Phi) is 6.71. The molecule has 164 valence electrons. The van der Waals surface area contributed by atoms with Gasteiger partial charge in [-0.1, -0.05) is 43.2 Å². The second-order valence-corrected chi connectivity index (χ2v) is 8.89. The molecule has 2 aliphatic heterocycles. The molecule has 0 bridgehead atoms. The highest BCUT2D eigenvalue weighted by Gasteiger charge is 2.52. The van der Waals surface area contributed by atoms with E-state index >= 15 is 0 Å². The van der Waals surface area contributed by atoms with Crippen molar-refractivity contribution in [2.45, 2.75) is 50.7 Å². The normalized spacial score (nSPS) is 22.8. The van der Waals surface area contributed by atoms with Gasteiger partial charge in [-0.05, 0) is 25.3 Å². The fourth-order valence-corrected chi connectivity index (χ4v) is 4.97. The minimum absolute atomic E-state index is 0.0227. The summed E-state index contributed by atoms with van der Waals surface area (Å²) in [4.78, 5) is 31.8. The molecule has 0 radical (unpaired) electrons. The van der Waals surface area contributed by atoms with Crippen LogP contribution in [0.3, 0.4) is 0 Å². The van der Waals surface area contributed by atoms with Gasteiger partial charge in [-0.3, -0.25) is 19.5 Å². The topological polar surface area (TPSA) is 65.1 Å². The van der Waals surface area contributed by atoms with E-state index < -0.39 is 5.54 Å². The molecule has 7 nitrogen and oxygen atoms in total. The van der Waals surface area contributed by atoms with Crippen molar-refractivity contribution >= 4 is 11.9 Å². The molecule has 1 aromatic rings. The summed E-state index contributed by atoms with van der Waals surface area (Å²) in [6.45, 7) is 8.61. The standard InChI is InChI=1S/C23H34N4O3/c1-19(17-25-13-15-30-16-14-25)26(18-20-7-3-2-4-8-20)11-12-27-21(28)23(24-22(27)29)9-5-6-10-23/h2-4,7-8,19H,5-6,9-18H2,1H3,(H,24,29). The lowest BCUT2D eigenvalue weighted by Gasteiger charge is -2.35. The Hall–Kier alpha value is -1.96. The van der Waals surface area contributed by atoms with Crippen LogP contribution in [0.4, 0.5) is 4.79 Å². The molecule has 4 rings (SSSR count). The number of ether oxygens (including phenoxy) is 1. The predicted octanol–water partition coefficient (Wildman–Crippen LogP) is 2.07. The molecule has 3 aliphatic rings.